The smallest absolute Gasteiger partial charge is 0.759 e. The van der Waals surface area contributed by atoms with Gasteiger partial charge < -0.3 is 9.11 Å². The standard InChI is InChI=1S/2K.H2O4S.H2O2/c;;1-5(2,3)4;1-2/h;;(H2,1,2,3,4);1-2H/q2*+1;;/p-2. The second kappa shape index (κ2) is 13.6. The summed E-state index contributed by atoms with van der Waals surface area (Å²) < 4.78 is 34.1. The van der Waals surface area contributed by atoms with Crippen LogP contribution in [0.15, 0.2) is 0 Å². The molecule has 0 spiro atoms. The van der Waals surface area contributed by atoms with Gasteiger partial charge in [-0.05, 0) is 0 Å². The van der Waals surface area contributed by atoms with E-state index >= 15 is 0 Å². The Kier molecular flexibility index (Phi) is 34.4. The molecule has 0 heterocycles. The van der Waals surface area contributed by atoms with E-state index in [9.17, 15) is 0 Å². The Balaban J connectivity index is -0.0000000286. The van der Waals surface area contributed by atoms with E-state index < -0.39 is 10.4 Å². The quantitative estimate of drug-likeness (QED) is 0.134. The molecular formula is H2K2O6S. The van der Waals surface area contributed by atoms with Gasteiger partial charge in [-0.1, -0.05) is 0 Å². The SMILES string of the molecule is O=S(=O)([O-])[O-].OO.[K+].[K+]. The molecular weight excluding hydrogens is 206 g/mol. The zero-order chi connectivity index (χ0) is 6.50. The molecule has 9 heteroatoms. The van der Waals surface area contributed by atoms with Crippen molar-refractivity contribution < 1.29 is 131 Å². The van der Waals surface area contributed by atoms with Crippen LogP contribution in [-0.2, 0) is 10.4 Å². The molecule has 0 amide bonds. The van der Waals surface area contributed by atoms with Crippen molar-refractivity contribution in [2.45, 2.75) is 0 Å². The molecule has 0 aliphatic rings. The van der Waals surface area contributed by atoms with Crippen LogP contribution in [-0.4, -0.2) is 28.0 Å². The van der Waals surface area contributed by atoms with E-state index in [1.54, 1.807) is 0 Å². The average Bonchev–Trinajstić information content (AvgIpc) is 1.36. The molecule has 0 aliphatic heterocycles. The van der Waals surface area contributed by atoms with Crippen molar-refractivity contribution in [2.75, 3.05) is 0 Å². The van der Waals surface area contributed by atoms with E-state index in [0.717, 1.165) is 0 Å². The first-order valence-corrected chi connectivity index (χ1v) is 2.20. The molecule has 0 fully saturated rings. The van der Waals surface area contributed by atoms with Gasteiger partial charge in [0.15, 0.2) is 0 Å². The van der Waals surface area contributed by atoms with E-state index in [0.29, 0.717) is 0 Å². The van der Waals surface area contributed by atoms with Gasteiger partial charge in [0.1, 0.15) is 0 Å². The van der Waals surface area contributed by atoms with Crippen LogP contribution in [0.1, 0.15) is 0 Å². The Labute approximate surface area is 137 Å². The van der Waals surface area contributed by atoms with Gasteiger partial charge in [-0.2, -0.15) is 0 Å². The van der Waals surface area contributed by atoms with Gasteiger partial charge in [-0.3, -0.25) is 18.9 Å². The van der Waals surface area contributed by atoms with Crippen LogP contribution in [0, 0.1) is 0 Å². The summed E-state index contributed by atoms with van der Waals surface area (Å²) in [6.45, 7) is 0. The Morgan fingerprint density at radius 1 is 1.00 bits per heavy atom. The van der Waals surface area contributed by atoms with Gasteiger partial charge in [-0.25, -0.2) is 0 Å². The largest absolute Gasteiger partial charge is 1.00 e. The zero-order valence-electron chi connectivity index (χ0n) is 4.94. The van der Waals surface area contributed by atoms with E-state index in [1.807, 2.05) is 0 Å². The summed E-state index contributed by atoms with van der Waals surface area (Å²) >= 11 is 0. The summed E-state index contributed by atoms with van der Waals surface area (Å²) in [5, 5.41) is 12.0. The van der Waals surface area contributed by atoms with Crippen molar-refractivity contribution in [3.8, 4) is 0 Å². The van der Waals surface area contributed by atoms with E-state index in [-0.39, 0.29) is 103 Å². The van der Waals surface area contributed by atoms with Crippen molar-refractivity contribution in [3.05, 3.63) is 0 Å². The maximum absolute atomic E-state index is 8.52. The van der Waals surface area contributed by atoms with Gasteiger partial charge in [0.2, 0.25) is 0 Å². The predicted octanol–water partition coefficient (Wildman–Crippen LogP) is -7.31. The number of hydrogen-bond acceptors (Lipinski definition) is 6. The van der Waals surface area contributed by atoms with Crippen molar-refractivity contribution in [1.29, 1.82) is 0 Å². The maximum Gasteiger partial charge on any atom is 1.00 e. The molecule has 0 bridgehead atoms. The van der Waals surface area contributed by atoms with Gasteiger partial charge in [0.05, 0.1) is 0 Å². The van der Waals surface area contributed by atoms with Crippen LogP contribution in [0.2, 0.25) is 0 Å². The summed E-state index contributed by atoms with van der Waals surface area (Å²) in [6.07, 6.45) is 0. The first kappa shape index (κ1) is 22.7. The summed E-state index contributed by atoms with van der Waals surface area (Å²) in [5.41, 5.74) is 0. The molecule has 9 heavy (non-hydrogen) atoms. The molecule has 2 N–H and O–H groups in total. The van der Waals surface area contributed by atoms with Crippen LogP contribution in [0.3, 0.4) is 0 Å². The van der Waals surface area contributed by atoms with E-state index in [1.165, 1.54) is 0 Å². The molecule has 6 nitrogen and oxygen atoms in total. The van der Waals surface area contributed by atoms with E-state index in [4.69, 9.17) is 28.0 Å². The molecule has 0 aliphatic carbocycles. The molecule has 0 atom stereocenters. The van der Waals surface area contributed by atoms with Gasteiger partial charge in [-0.15, -0.1) is 0 Å². The van der Waals surface area contributed by atoms with Crippen molar-refractivity contribution in [1.82, 2.24) is 0 Å². The summed E-state index contributed by atoms with van der Waals surface area (Å²) in [6, 6.07) is 0. The number of hydrogen-bond donors (Lipinski definition) is 2. The van der Waals surface area contributed by atoms with Gasteiger partial charge in [0.25, 0.3) is 0 Å². The van der Waals surface area contributed by atoms with E-state index in [2.05, 4.69) is 0 Å². The van der Waals surface area contributed by atoms with Gasteiger partial charge >= 0.3 is 103 Å². The fourth-order valence-electron chi connectivity index (χ4n) is 0. The van der Waals surface area contributed by atoms with Crippen LogP contribution < -0.4 is 103 Å². The fraction of sp³-hybridized carbons (Fsp3) is 0. The summed E-state index contributed by atoms with van der Waals surface area (Å²) in [7, 11) is -5.17. The van der Waals surface area contributed by atoms with Crippen molar-refractivity contribution >= 4 is 10.4 Å². The Morgan fingerprint density at radius 3 is 1.00 bits per heavy atom. The Bertz CT molecular complexity index is 94.2. The molecule has 0 rings (SSSR count). The molecule has 0 aromatic heterocycles. The molecule has 46 valence electrons. The van der Waals surface area contributed by atoms with Crippen LogP contribution in [0.4, 0.5) is 0 Å². The minimum absolute atomic E-state index is 0. The molecule has 0 unspecified atom stereocenters. The third-order valence-corrected chi connectivity index (χ3v) is 0. The Morgan fingerprint density at radius 2 is 1.00 bits per heavy atom. The molecule has 0 saturated carbocycles. The third-order valence-electron chi connectivity index (χ3n) is 0. The maximum atomic E-state index is 8.52. The average molecular weight is 208 g/mol. The minimum Gasteiger partial charge on any atom is -0.759 e. The fourth-order valence-corrected chi connectivity index (χ4v) is 0. The molecule has 0 radical (unpaired) electrons. The van der Waals surface area contributed by atoms with Gasteiger partial charge in [0, 0.05) is 10.4 Å². The first-order chi connectivity index (χ1) is 3.00. The zero-order valence-corrected chi connectivity index (χ0v) is 12.0. The normalized spacial score (nSPS) is 7.11. The predicted molar refractivity (Wildman–Crippen MR) is 15.7 cm³/mol. The Hall–Kier alpha value is 3.06. The van der Waals surface area contributed by atoms with Crippen molar-refractivity contribution in [2.24, 2.45) is 0 Å². The van der Waals surface area contributed by atoms with Crippen molar-refractivity contribution in [3.63, 3.8) is 0 Å². The monoisotopic (exact) mass is 208 g/mol. The minimum atomic E-state index is -5.17. The summed E-state index contributed by atoms with van der Waals surface area (Å²) in [5.74, 6) is 0. The molecule has 0 aromatic carbocycles. The van der Waals surface area contributed by atoms with Crippen LogP contribution in [0.5, 0.6) is 0 Å². The summed E-state index contributed by atoms with van der Waals surface area (Å²) in [4.78, 5) is 0. The molecule has 0 aromatic rings. The second-order valence-corrected chi connectivity index (χ2v) is 1.22. The first-order valence-electron chi connectivity index (χ1n) is 0.867. The topological polar surface area (TPSA) is 121 Å². The molecule has 0 saturated heterocycles. The number of rotatable bonds is 0. The van der Waals surface area contributed by atoms with Crippen LogP contribution >= 0.6 is 0 Å². The van der Waals surface area contributed by atoms with Crippen LogP contribution in [0.25, 0.3) is 0 Å². The second-order valence-electron chi connectivity index (χ2n) is 0.408. The third kappa shape index (κ3) is 96.9.